The van der Waals surface area contributed by atoms with Gasteiger partial charge in [-0.3, -0.25) is 4.79 Å². The van der Waals surface area contributed by atoms with Gasteiger partial charge in [0.25, 0.3) is 0 Å². The largest absolute Gasteiger partial charge is 0.342 e. The van der Waals surface area contributed by atoms with E-state index < -0.39 is 0 Å². The van der Waals surface area contributed by atoms with Gasteiger partial charge in [-0.2, -0.15) is 0 Å². The molecule has 1 amide bonds. The first-order valence-corrected chi connectivity index (χ1v) is 8.14. The van der Waals surface area contributed by atoms with E-state index in [2.05, 4.69) is 31.0 Å². The third-order valence-corrected chi connectivity index (χ3v) is 5.71. The number of carbonyl (C=O) groups excluding carboxylic acids is 1. The van der Waals surface area contributed by atoms with E-state index in [9.17, 15) is 4.79 Å². The predicted octanol–water partition coefficient (Wildman–Crippen LogP) is 2.80. The molecule has 2 aliphatic heterocycles. The molecular weight excluding hydrogens is 236 g/mol. The molecule has 2 fully saturated rings. The summed E-state index contributed by atoms with van der Waals surface area (Å²) in [5.41, 5.74) is 0.507. The summed E-state index contributed by atoms with van der Waals surface area (Å²) < 4.78 is 0. The van der Waals surface area contributed by atoms with Crippen LogP contribution in [0.5, 0.6) is 0 Å². The number of likely N-dealkylation sites (tertiary alicyclic amines) is 1. The first-order chi connectivity index (χ1) is 9.12. The molecule has 3 heteroatoms. The van der Waals surface area contributed by atoms with Crippen LogP contribution in [0, 0.1) is 11.3 Å². The van der Waals surface area contributed by atoms with Crippen molar-refractivity contribution in [2.45, 2.75) is 65.3 Å². The zero-order chi connectivity index (χ0) is 13.9. The van der Waals surface area contributed by atoms with E-state index in [4.69, 9.17) is 0 Å². The zero-order valence-electron chi connectivity index (χ0n) is 12.9. The molecule has 2 rings (SSSR count). The highest BCUT2D eigenvalue weighted by molar-refractivity contribution is 5.79. The van der Waals surface area contributed by atoms with Gasteiger partial charge >= 0.3 is 0 Å². The third-order valence-electron chi connectivity index (χ3n) is 5.71. The second kappa shape index (κ2) is 6.25. The van der Waals surface area contributed by atoms with E-state index in [1.165, 1.54) is 25.7 Å². The van der Waals surface area contributed by atoms with Crippen LogP contribution in [0.3, 0.4) is 0 Å². The van der Waals surface area contributed by atoms with Crippen molar-refractivity contribution in [3.05, 3.63) is 0 Å². The van der Waals surface area contributed by atoms with Gasteiger partial charge in [-0.15, -0.1) is 0 Å². The Hall–Kier alpha value is -0.570. The lowest BCUT2D eigenvalue weighted by Gasteiger charge is -2.43. The predicted molar refractivity (Wildman–Crippen MR) is 79.0 cm³/mol. The highest BCUT2D eigenvalue weighted by Crippen LogP contribution is 2.38. The lowest BCUT2D eigenvalue weighted by Crippen LogP contribution is -2.51. The number of hydrogen-bond donors (Lipinski definition) is 1. The van der Waals surface area contributed by atoms with Crippen LogP contribution in [0.1, 0.15) is 59.3 Å². The van der Waals surface area contributed by atoms with Gasteiger partial charge in [0.1, 0.15) is 0 Å². The van der Waals surface area contributed by atoms with Gasteiger partial charge < -0.3 is 10.2 Å². The molecule has 2 atom stereocenters. The number of amides is 1. The molecule has 2 heterocycles. The SMILES string of the molecule is CCC1(CC)CCN(C(=O)C2CCCNC2C)CC1. The monoisotopic (exact) mass is 266 g/mol. The van der Waals surface area contributed by atoms with Crippen molar-refractivity contribution >= 4 is 5.91 Å². The molecule has 0 aromatic heterocycles. The van der Waals surface area contributed by atoms with Crippen LogP contribution >= 0.6 is 0 Å². The lowest BCUT2D eigenvalue weighted by atomic mass is 9.74. The number of rotatable bonds is 3. The van der Waals surface area contributed by atoms with E-state index in [0.29, 0.717) is 17.4 Å². The van der Waals surface area contributed by atoms with E-state index in [1.54, 1.807) is 0 Å². The van der Waals surface area contributed by atoms with Crippen LogP contribution in [0.15, 0.2) is 0 Å². The minimum atomic E-state index is 0.213. The Morgan fingerprint density at radius 2 is 1.89 bits per heavy atom. The minimum Gasteiger partial charge on any atom is -0.342 e. The Morgan fingerprint density at radius 1 is 1.26 bits per heavy atom. The zero-order valence-corrected chi connectivity index (χ0v) is 12.9. The summed E-state index contributed by atoms with van der Waals surface area (Å²) in [5.74, 6) is 0.616. The number of nitrogens with one attached hydrogen (secondary N) is 1. The molecule has 110 valence electrons. The average Bonchev–Trinajstić information content (AvgIpc) is 2.47. The van der Waals surface area contributed by atoms with E-state index in [-0.39, 0.29) is 5.92 Å². The fourth-order valence-corrected chi connectivity index (χ4v) is 3.77. The first-order valence-electron chi connectivity index (χ1n) is 8.14. The smallest absolute Gasteiger partial charge is 0.227 e. The van der Waals surface area contributed by atoms with Crippen LogP contribution in [0.25, 0.3) is 0 Å². The maximum atomic E-state index is 12.6. The highest BCUT2D eigenvalue weighted by Gasteiger charge is 2.36. The summed E-state index contributed by atoms with van der Waals surface area (Å²) in [6, 6.07) is 0.352. The fourth-order valence-electron chi connectivity index (χ4n) is 3.77. The van der Waals surface area contributed by atoms with Crippen molar-refractivity contribution in [3.63, 3.8) is 0 Å². The lowest BCUT2D eigenvalue weighted by molar-refractivity contribution is -0.139. The number of piperidine rings is 2. The van der Waals surface area contributed by atoms with Crippen LogP contribution < -0.4 is 5.32 Å². The van der Waals surface area contributed by atoms with Crippen molar-refractivity contribution in [1.29, 1.82) is 0 Å². The maximum absolute atomic E-state index is 12.6. The first kappa shape index (κ1) is 14.8. The van der Waals surface area contributed by atoms with Gasteiger partial charge in [0.15, 0.2) is 0 Å². The Labute approximate surface area is 118 Å². The minimum absolute atomic E-state index is 0.213. The summed E-state index contributed by atoms with van der Waals surface area (Å²) >= 11 is 0. The molecule has 0 spiro atoms. The second-order valence-corrected chi connectivity index (χ2v) is 6.52. The number of carbonyl (C=O) groups is 1. The summed E-state index contributed by atoms with van der Waals surface area (Å²) in [6.45, 7) is 9.78. The van der Waals surface area contributed by atoms with Crippen LogP contribution in [-0.4, -0.2) is 36.5 Å². The third kappa shape index (κ3) is 3.13. The molecule has 3 nitrogen and oxygen atoms in total. The standard InChI is InChI=1S/C16H30N2O/c1-4-16(5-2)8-11-18(12-9-16)15(19)14-7-6-10-17-13(14)3/h13-14,17H,4-12H2,1-3H3. The van der Waals surface area contributed by atoms with Gasteiger partial charge in [0.2, 0.25) is 5.91 Å². The van der Waals surface area contributed by atoms with Crippen molar-refractivity contribution < 1.29 is 4.79 Å². The van der Waals surface area contributed by atoms with Crippen molar-refractivity contribution in [2.75, 3.05) is 19.6 Å². The summed E-state index contributed by atoms with van der Waals surface area (Å²) in [5, 5.41) is 3.44. The van der Waals surface area contributed by atoms with Crippen LogP contribution in [-0.2, 0) is 4.79 Å². The molecule has 2 saturated heterocycles. The normalized spacial score (nSPS) is 31.2. The van der Waals surface area contributed by atoms with E-state index in [1.807, 2.05) is 0 Å². The van der Waals surface area contributed by atoms with Crippen molar-refractivity contribution in [3.8, 4) is 0 Å². The fraction of sp³-hybridized carbons (Fsp3) is 0.938. The molecular formula is C16H30N2O. The number of hydrogen-bond acceptors (Lipinski definition) is 2. The maximum Gasteiger partial charge on any atom is 0.227 e. The van der Waals surface area contributed by atoms with E-state index >= 15 is 0 Å². The molecule has 19 heavy (non-hydrogen) atoms. The van der Waals surface area contributed by atoms with Gasteiger partial charge in [-0.1, -0.05) is 26.7 Å². The summed E-state index contributed by atoms with van der Waals surface area (Å²) in [4.78, 5) is 14.8. The molecule has 2 unspecified atom stereocenters. The van der Waals surface area contributed by atoms with Gasteiger partial charge in [-0.05, 0) is 44.6 Å². The average molecular weight is 266 g/mol. The molecule has 1 N–H and O–H groups in total. The Morgan fingerprint density at radius 3 is 2.42 bits per heavy atom. The Bertz CT molecular complexity index is 302. The van der Waals surface area contributed by atoms with Gasteiger partial charge in [0, 0.05) is 19.1 Å². The Balaban J connectivity index is 1.92. The van der Waals surface area contributed by atoms with E-state index in [0.717, 1.165) is 32.5 Å². The highest BCUT2D eigenvalue weighted by atomic mass is 16.2. The van der Waals surface area contributed by atoms with Crippen molar-refractivity contribution in [2.24, 2.45) is 11.3 Å². The van der Waals surface area contributed by atoms with Gasteiger partial charge in [0.05, 0.1) is 5.92 Å². The topological polar surface area (TPSA) is 32.3 Å². The molecule has 0 bridgehead atoms. The quantitative estimate of drug-likeness (QED) is 0.852. The summed E-state index contributed by atoms with van der Waals surface area (Å²) in [7, 11) is 0. The second-order valence-electron chi connectivity index (χ2n) is 6.52. The van der Waals surface area contributed by atoms with Gasteiger partial charge in [-0.25, -0.2) is 0 Å². The molecule has 0 aromatic rings. The number of nitrogens with zero attached hydrogens (tertiary/aromatic N) is 1. The van der Waals surface area contributed by atoms with Crippen LogP contribution in [0.4, 0.5) is 0 Å². The van der Waals surface area contributed by atoms with Crippen LogP contribution in [0.2, 0.25) is 0 Å². The molecule has 0 saturated carbocycles. The molecule has 2 aliphatic rings. The van der Waals surface area contributed by atoms with Crippen molar-refractivity contribution in [1.82, 2.24) is 10.2 Å². The molecule has 0 radical (unpaired) electrons. The Kier molecular flexibility index (Phi) is 4.88. The molecule has 0 aromatic carbocycles. The molecule has 0 aliphatic carbocycles. The summed E-state index contributed by atoms with van der Waals surface area (Å²) in [6.07, 6.45) is 7.11.